The Labute approximate surface area is 278 Å². The molecule has 1 spiro atoms. The van der Waals surface area contributed by atoms with Crippen molar-refractivity contribution in [2.45, 2.75) is 64.8 Å². The van der Waals surface area contributed by atoms with E-state index >= 15 is 0 Å². The van der Waals surface area contributed by atoms with Gasteiger partial charge in [0.05, 0.1) is 12.1 Å². The number of likely N-dealkylation sites (tertiary alicyclic amines) is 1. The molecule has 0 aliphatic carbocycles. The van der Waals surface area contributed by atoms with E-state index in [-0.39, 0.29) is 23.1 Å². The van der Waals surface area contributed by atoms with Crippen LogP contribution in [0, 0.1) is 11.3 Å². The number of piperidine rings is 2. The maximum Gasteiger partial charge on any atom is 0.255 e. The fourth-order valence-electron chi connectivity index (χ4n) is 6.63. The van der Waals surface area contributed by atoms with E-state index in [1.54, 1.807) is 18.2 Å². The quantitative estimate of drug-likeness (QED) is 0.350. The van der Waals surface area contributed by atoms with Crippen LogP contribution in [0.1, 0.15) is 69.2 Å². The average molecular weight is 650 g/mol. The van der Waals surface area contributed by atoms with Crippen molar-refractivity contribution in [3.8, 4) is 5.75 Å². The van der Waals surface area contributed by atoms with Crippen molar-refractivity contribution in [1.29, 1.82) is 0 Å². The minimum Gasteiger partial charge on any atom is -0.489 e. The van der Waals surface area contributed by atoms with Crippen molar-refractivity contribution in [1.82, 2.24) is 15.5 Å². The van der Waals surface area contributed by atoms with Crippen LogP contribution in [0.5, 0.6) is 5.75 Å². The lowest BCUT2D eigenvalue weighted by Gasteiger charge is -2.41. The molecule has 1 atom stereocenters. The zero-order chi connectivity index (χ0) is 32.5. The summed E-state index contributed by atoms with van der Waals surface area (Å²) >= 11 is 6.20. The van der Waals surface area contributed by atoms with Gasteiger partial charge in [0.25, 0.3) is 5.91 Å². The van der Waals surface area contributed by atoms with E-state index in [9.17, 15) is 14.4 Å². The highest BCUT2D eigenvalue weighted by Gasteiger charge is 2.35. The lowest BCUT2D eigenvalue weighted by atomic mass is 9.75. The molecular formula is C36H48ClN5O4. The lowest BCUT2D eigenvalue weighted by Crippen LogP contribution is -2.52. The molecule has 0 unspecified atom stereocenters. The van der Waals surface area contributed by atoms with E-state index in [0.717, 1.165) is 51.1 Å². The first kappa shape index (κ1) is 33.8. The van der Waals surface area contributed by atoms with Crippen molar-refractivity contribution in [2.24, 2.45) is 11.3 Å². The molecule has 2 fully saturated rings. The van der Waals surface area contributed by atoms with Crippen LogP contribution in [0.4, 0.5) is 11.4 Å². The highest BCUT2D eigenvalue weighted by atomic mass is 35.5. The maximum absolute atomic E-state index is 13.5. The normalized spacial score (nSPS) is 21.8. The van der Waals surface area contributed by atoms with Crippen LogP contribution in [-0.2, 0) is 9.59 Å². The Morgan fingerprint density at radius 1 is 1.02 bits per heavy atom. The Morgan fingerprint density at radius 2 is 1.76 bits per heavy atom. The fourth-order valence-corrected chi connectivity index (χ4v) is 6.80. The van der Waals surface area contributed by atoms with Crippen molar-refractivity contribution in [2.75, 3.05) is 56.1 Å². The predicted molar refractivity (Wildman–Crippen MR) is 184 cm³/mol. The van der Waals surface area contributed by atoms with Gasteiger partial charge in [-0.15, -0.1) is 0 Å². The molecule has 10 heteroatoms. The van der Waals surface area contributed by atoms with Crippen LogP contribution in [0.2, 0.25) is 5.02 Å². The summed E-state index contributed by atoms with van der Waals surface area (Å²) in [4.78, 5) is 44.3. The van der Waals surface area contributed by atoms with Crippen LogP contribution in [-0.4, -0.2) is 74.5 Å². The fraction of sp³-hybridized carbons (Fsp3) is 0.528. The van der Waals surface area contributed by atoms with E-state index in [4.69, 9.17) is 16.3 Å². The molecule has 3 aliphatic rings. The van der Waals surface area contributed by atoms with Crippen molar-refractivity contribution in [3.63, 3.8) is 0 Å². The second kappa shape index (κ2) is 15.8. The Balaban J connectivity index is 1.20. The third kappa shape index (κ3) is 9.26. The molecule has 9 nitrogen and oxygen atoms in total. The predicted octanol–water partition coefficient (Wildman–Crippen LogP) is 5.65. The van der Waals surface area contributed by atoms with Crippen molar-refractivity contribution < 1.29 is 19.1 Å². The number of benzene rings is 2. The first-order valence-corrected chi connectivity index (χ1v) is 17.1. The zero-order valence-corrected chi connectivity index (χ0v) is 27.9. The molecule has 0 saturated carbocycles. The Hall–Kier alpha value is -3.56. The van der Waals surface area contributed by atoms with E-state index < -0.39 is 11.9 Å². The van der Waals surface area contributed by atoms with Gasteiger partial charge in [0.1, 0.15) is 18.4 Å². The van der Waals surface area contributed by atoms with Crippen LogP contribution < -0.4 is 25.6 Å². The van der Waals surface area contributed by atoms with Gasteiger partial charge in [-0.3, -0.25) is 19.3 Å². The van der Waals surface area contributed by atoms with E-state index in [0.29, 0.717) is 42.5 Å². The molecule has 3 N–H and O–H groups in total. The van der Waals surface area contributed by atoms with Crippen LogP contribution >= 0.6 is 11.6 Å². The molecule has 3 aliphatic heterocycles. The van der Waals surface area contributed by atoms with Gasteiger partial charge in [-0.1, -0.05) is 37.6 Å². The third-order valence-electron chi connectivity index (χ3n) is 9.36. The van der Waals surface area contributed by atoms with E-state index in [2.05, 4.69) is 44.0 Å². The number of fused-ring (bicyclic) bond motifs is 1. The monoisotopic (exact) mass is 649 g/mol. The molecule has 248 valence electrons. The number of carbonyl (C=O) groups is 3. The van der Waals surface area contributed by atoms with Crippen LogP contribution in [0.15, 0.2) is 54.6 Å². The molecule has 5 rings (SSSR count). The summed E-state index contributed by atoms with van der Waals surface area (Å²) in [6, 6.07) is 12.4. The molecule has 2 aromatic rings. The first-order chi connectivity index (χ1) is 22.2. The second-order valence-electron chi connectivity index (χ2n) is 13.4. The largest absolute Gasteiger partial charge is 0.489 e. The summed E-state index contributed by atoms with van der Waals surface area (Å²) in [5.74, 6) is 0.0148. The number of ether oxygens (including phenoxy) is 1. The van der Waals surface area contributed by atoms with Crippen molar-refractivity contribution in [3.05, 3.63) is 65.2 Å². The molecule has 0 radical (unpaired) electrons. The highest BCUT2D eigenvalue weighted by Crippen LogP contribution is 2.35. The molecule has 0 aromatic heterocycles. The maximum atomic E-state index is 13.5. The number of nitrogens with zero attached hydrogens (tertiary/aromatic N) is 2. The van der Waals surface area contributed by atoms with Gasteiger partial charge in [-0.2, -0.15) is 0 Å². The van der Waals surface area contributed by atoms with Crippen LogP contribution in [0.25, 0.3) is 0 Å². The first-order valence-electron chi connectivity index (χ1n) is 16.7. The number of carbonyl (C=O) groups excluding carboxylic acids is 3. The third-order valence-corrected chi connectivity index (χ3v) is 9.60. The number of hydrogen-bond acceptors (Lipinski definition) is 6. The number of nitrogens with one attached hydrogen (secondary N) is 3. The Morgan fingerprint density at radius 3 is 2.48 bits per heavy atom. The molecule has 3 heterocycles. The standard InChI is InChI=1S/C36H48ClN5O4/c1-26(2)22-31-35(45)38-25-36(14-4-7-21-46-32-13-8-27(37)23-30(32)34(44)40-31)15-19-41(20-16-36)24-33(43)39-28-9-11-29(12-10-28)42-17-5-3-6-18-42/h4,7-13,23,26,31H,3,5-6,14-22,24-25H2,1-2H3,(H,38,45)(H,39,43)(H,40,44)/b7-4+/t31-/m0/s1. The summed E-state index contributed by atoms with van der Waals surface area (Å²) in [7, 11) is 0. The van der Waals surface area contributed by atoms with Crippen LogP contribution in [0.3, 0.4) is 0 Å². The molecular weight excluding hydrogens is 602 g/mol. The zero-order valence-electron chi connectivity index (χ0n) is 27.2. The minimum atomic E-state index is -0.687. The number of allylic oxidation sites excluding steroid dienone is 1. The van der Waals surface area contributed by atoms with E-state index in [1.165, 1.54) is 24.9 Å². The van der Waals surface area contributed by atoms with Gasteiger partial charge >= 0.3 is 0 Å². The highest BCUT2D eigenvalue weighted by molar-refractivity contribution is 6.31. The summed E-state index contributed by atoms with van der Waals surface area (Å²) in [6.07, 6.45) is 10.8. The van der Waals surface area contributed by atoms with Crippen molar-refractivity contribution >= 4 is 40.7 Å². The lowest BCUT2D eigenvalue weighted by molar-refractivity contribution is -0.124. The van der Waals surface area contributed by atoms with Gasteiger partial charge < -0.3 is 25.6 Å². The van der Waals surface area contributed by atoms with Gasteiger partial charge in [0, 0.05) is 36.0 Å². The Kier molecular flexibility index (Phi) is 11.6. The van der Waals surface area contributed by atoms with Gasteiger partial charge in [0.2, 0.25) is 11.8 Å². The Bertz CT molecular complexity index is 1380. The van der Waals surface area contributed by atoms with Gasteiger partial charge in [-0.25, -0.2) is 0 Å². The number of rotatable bonds is 6. The average Bonchev–Trinajstić information content (AvgIpc) is 3.05. The summed E-state index contributed by atoms with van der Waals surface area (Å²) in [5.41, 5.74) is 2.17. The number of anilines is 2. The summed E-state index contributed by atoms with van der Waals surface area (Å²) in [6.45, 7) is 8.88. The van der Waals surface area contributed by atoms with Gasteiger partial charge in [0.15, 0.2) is 0 Å². The number of amides is 3. The summed E-state index contributed by atoms with van der Waals surface area (Å²) in [5, 5.41) is 9.60. The summed E-state index contributed by atoms with van der Waals surface area (Å²) < 4.78 is 5.96. The molecule has 0 bridgehead atoms. The molecule has 2 aromatic carbocycles. The van der Waals surface area contributed by atoms with E-state index in [1.807, 2.05) is 32.1 Å². The minimum absolute atomic E-state index is 0.0214. The smallest absolute Gasteiger partial charge is 0.255 e. The molecule has 3 amide bonds. The van der Waals surface area contributed by atoms with Gasteiger partial charge in [-0.05, 0) is 112 Å². The number of halogens is 1. The molecule has 2 saturated heterocycles. The molecule has 46 heavy (non-hydrogen) atoms. The second-order valence-corrected chi connectivity index (χ2v) is 13.9. The SMILES string of the molecule is CC(C)C[C@@H]1NC(=O)c2cc(Cl)ccc2OC/C=C/CC2(CCN(CC(=O)Nc3ccc(N4CCCCC4)cc3)CC2)CNC1=O. The topological polar surface area (TPSA) is 103 Å². The number of hydrogen-bond donors (Lipinski definition) is 3.